The first kappa shape index (κ1) is 19.4. The maximum atomic E-state index is 11.2. The van der Waals surface area contributed by atoms with Gasteiger partial charge in [0.25, 0.3) is 0 Å². The van der Waals surface area contributed by atoms with Crippen molar-refractivity contribution in [2.75, 3.05) is 13.2 Å². The molecule has 122 valence electrons. The second-order valence-electron chi connectivity index (χ2n) is 4.80. The van der Waals surface area contributed by atoms with Crippen LogP contribution in [0.25, 0.3) is 0 Å². The smallest absolute Gasteiger partial charge is 0.328 e. The highest BCUT2D eigenvalue weighted by molar-refractivity contribution is 5.86. The minimum atomic E-state index is -0.520. The first-order chi connectivity index (χ1) is 9.83. The summed E-state index contributed by atoms with van der Waals surface area (Å²) < 4.78 is 9.29. The lowest BCUT2D eigenvalue weighted by Gasteiger charge is -2.11. The van der Waals surface area contributed by atoms with Gasteiger partial charge in [-0.05, 0) is 40.5 Å². The van der Waals surface area contributed by atoms with E-state index in [-0.39, 0.29) is 23.8 Å². The van der Waals surface area contributed by atoms with Gasteiger partial charge in [-0.25, -0.2) is 4.79 Å². The molecule has 0 aromatic heterocycles. The predicted molar refractivity (Wildman–Crippen MR) is 77.2 cm³/mol. The van der Waals surface area contributed by atoms with Gasteiger partial charge in [0.1, 0.15) is 12.1 Å². The lowest BCUT2D eigenvalue weighted by molar-refractivity contribution is -0.147. The Morgan fingerprint density at radius 2 is 1.57 bits per heavy atom. The van der Waals surface area contributed by atoms with Gasteiger partial charge in [-0.3, -0.25) is 9.59 Å². The van der Waals surface area contributed by atoms with Crippen molar-refractivity contribution in [3.8, 4) is 0 Å². The van der Waals surface area contributed by atoms with Gasteiger partial charge in [-0.1, -0.05) is 0 Å². The number of hydrogen-bond donors (Lipinski definition) is 2. The second kappa shape index (κ2) is 10.1. The van der Waals surface area contributed by atoms with E-state index in [1.54, 1.807) is 27.7 Å². The van der Waals surface area contributed by atoms with Gasteiger partial charge in [0.2, 0.25) is 5.91 Å². The number of nitrogens with one attached hydrogen (secondary N) is 1. The SMILES string of the molecule is CCOC(=O)C(C)N.CCOC(=O)C(C)NC(=O)C1CC1. The largest absolute Gasteiger partial charge is 0.465 e. The minimum Gasteiger partial charge on any atom is -0.465 e. The number of ether oxygens (including phenoxy) is 2. The van der Waals surface area contributed by atoms with Crippen LogP contribution in [0.2, 0.25) is 0 Å². The summed E-state index contributed by atoms with van der Waals surface area (Å²) in [5, 5.41) is 2.61. The molecule has 7 nitrogen and oxygen atoms in total. The Bertz CT molecular complexity index is 353. The van der Waals surface area contributed by atoms with E-state index >= 15 is 0 Å². The summed E-state index contributed by atoms with van der Waals surface area (Å²) in [7, 11) is 0. The van der Waals surface area contributed by atoms with E-state index in [9.17, 15) is 14.4 Å². The van der Waals surface area contributed by atoms with Crippen LogP contribution in [0.3, 0.4) is 0 Å². The molecule has 2 atom stereocenters. The molecule has 0 radical (unpaired) electrons. The summed E-state index contributed by atoms with van der Waals surface area (Å²) >= 11 is 0. The van der Waals surface area contributed by atoms with Gasteiger partial charge in [-0.15, -0.1) is 0 Å². The van der Waals surface area contributed by atoms with Gasteiger partial charge < -0.3 is 20.5 Å². The maximum Gasteiger partial charge on any atom is 0.328 e. The quantitative estimate of drug-likeness (QED) is 0.686. The number of hydrogen-bond acceptors (Lipinski definition) is 6. The van der Waals surface area contributed by atoms with Crippen LogP contribution in [0.5, 0.6) is 0 Å². The summed E-state index contributed by atoms with van der Waals surface area (Å²) in [6.07, 6.45) is 1.89. The lowest BCUT2D eigenvalue weighted by atomic mass is 10.3. The van der Waals surface area contributed by atoms with Crippen molar-refractivity contribution in [2.45, 2.75) is 52.6 Å². The molecule has 7 heteroatoms. The number of carbonyl (C=O) groups excluding carboxylic acids is 3. The summed E-state index contributed by atoms with van der Waals surface area (Å²) in [5.41, 5.74) is 5.15. The summed E-state index contributed by atoms with van der Waals surface area (Å²) in [5.74, 6) is -0.596. The lowest BCUT2D eigenvalue weighted by Crippen LogP contribution is -2.40. The summed E-state index contributed by atoms with van der Waals surface area (Å²) in [6, 6.07) is -1.01. The van der Waals surface area contributed by atoms with E-state index in [0.717, 1.165) is 12.8 Å². The Labute approximate surface area is 125 Å². The van der Waals surface area contributed by atoms with Crippen molar-refractivity contribution >= 4 is 17.8 Å². The van der Waals surface area contributed by atoms with Crippen molar-refractivity contribution in [2.24, 2.45) is 11.7 Å². The van der Waals surface area contributed by atoms with Gasteiger partial charge in [0.15, 0.2) is 0 Å². The Kier molecular flexibility index (Phi) is 9.36. The van der Waals surface area contributed by atoms with Crippen LogP contribution in [-0.2, 0) is 23.9 Å². The molecule has 0 spiro atoms. The average Bonchev–Trinajstić information content (AvgIpc) is 3.24. The molecule has 1 aliphatic rings. The average molecular weight is 302 g/mol. The van der Waals surface area contributed by atoms with E-state index in [0.29, 0.717) is 13.2 Å². The van der Waals surface area contributed by atoms with Crippen LogP contribution in [-0.4, -0.2) is 43.1 Å². The molecule has 0 heterocycles. The van der Waals surface area contributed by atoms with Gasteiger partial charge >= 0.3 is 11.9 Å². The zero-order valence-corrected chi connectivity index (χ0v) is 13.2. The third kappa shape index (κ3) is 9.01. The van der Waals surface area contributed by atoms with Crippen LogP contribution in [0.15, 0.2) is 0 Å². The van der Waals surface area contributed by atoms with Gasteiger partial charge in [0, 0.05) is 5.92 Å². The number of carbonyl (C=O) groups is 3. The molecule has 1 rings (SSSR count). The molecule has 0 aromatic rings. The van der Waals surface area contributed by atoms with Crippen molar-refractivity contribution < 1.29 is 23.9 Å². The minimum absolute atomic E-state index is 0.0273. The second-order valence-corrected chi connectivity index (χ2v) is 4.80. The van der Waals surface area contributed by atoms with E-state index in [2.05, 4.69) is 10.1 Å². The first-order valence-electron chi connectivity index (χ1n) is 7.22. The topological polar surface area (TPSA) is 108 Å². The Hall–Kier alpha value is -1.63. The Morgan fingerprint density at radius 3 is 1.90 bits per heavy atom. The molecule has 1 fully saturated rings. The molecule has 0 aromatic carbocycles. The first-order valence-corrected chi connectivity index (χ1v) is 7.22. The van der Waals surface area contributed by atoms with Crippen molar-refractivity contribution in [1.29, 1.82) is 0 Å². The molecule has 3 N–H and O–H groups in total. The van der Waals surface area contributed by atoms with Gasteiger partial charge in [-0.2, -0.15) is 0 Å². The standard InChI is InChI=1S/C9H15NO3.C5H11NO2/c1-3-13-9(12)6(2)10-8(11)7-4-5-7;1-3-8-5(7)4(2)6/h6-7H,3-5H2,1-2H3,(H,10,11);4H,3,6H2,1-2H3. The Balaban J connectivity index is 0.000000433. The van der Waals surface area contributed by atoms with E-state index in [4.69, 9.17) is 10.5 Å². The predicted octanol–water partition coefficient (Wildman–Crippen LogP) is 0.361. The highest BCUT2D eigenvalue weighted by atomic mass is 16.5. The van der Waals surface area contributed by atoms with Crippen LogP contribution in [0.1, 0.15) is 40.5 Å². The van der Waals surface area contributed by atoms with Crippen LogP contribution < -0.4 is 11.1 Å². The molecule has 2 unspecified atom stereocenters. The molecule has 0 aliphatic heterocycles. The maximum absolute atomic E-state index is 11.2. The number of esters is 2. The zero-order chi connectivity index (χ0) is 16.4. The Morgan fingerprint density at radius 1 is 1.10 bits per heavy atom. The van der Waals surface area contributed by atoms with Crippen LogP contribution >= 0.6 is 0 Å². The molecule has 1 amide bonds. The zero-order valence-electron chi connectivity index (χ0n) is 13.2. The molecule has 0 saturated heterocycles. The fourth-order valence-electron chi connectivity index (χ4n) is 1.28. The summed E-state index contributed by atoms with van der Waals surface area (Å²) in [4.78, 5) is 32.7. The highest BCUT2D eigenvalue weighted by Gasteiger charge is 2.31. The monoisotopic (exact) mass is 302 g/mol. The molecule has 0 bridgehead atoms. The fraction of sp³-hybridized carbons (Fsp3) is 0.786. The molecule has 21 heavy (non-hydrogen) atoms. The molecular weight excluding hydrogens is 276 g/mol. The van der Waals surface area contributed by atoms with Crippen molar-refractivity contribution in [3.05, 3.63) is 0 Å². The van der Waals surface area contributed by atoms with E-state index < -0.39 is 12.1 Å². The summed E-state index contributed by atoms with van der Waals surface area (Å²) in [6.45, 7) is 7.48. The van der Waals surface area contributed by atoms with E-state index in [1.165, 1.54) is 0 Å². The van der Waals surface area contributed by atoms with Gasteiger partial charge in [0.05, 0.1) is 13.2 Å². The van der Waals surface area contributed by atoms with Crippen molar-refractivity contribution in [3.63, 3.8) is 0 Å². The molecule has 1 saturated carbocycles. The number of nitrogens with two attached hydrogens (primary N) is 1. The van der Waals surface area contributed by atoms with E-state index in [1.807, 2.05) is 0 Å². The highest BCUT2D eigenvalue weighted by Crippen LogP contribution is 2.28. The third-order valence-corrected chi connectivity index (χ3v) is 2.61. The number of amides is 1. The van der Waals surface area contributed by atoms with Crippen LogP contribution in [0, 0.1) is 5.92 Å². The number of rotatable bonds is 6. The fourth-order valence-corrected chi connectivity index (χ4v) is 1.28. The molecular formula is C14H26N2O5. The van der Waals surface area contributed by atoms with Crippen molar-refractivity contribution in [1.82, 2.24) is 5.32 Å². The third-order valence-electron chi connectivity index (χ3n) is 2.61. The van der Waals surface area contributed by atoms with Crippen LogP contribution in [0.4, 0.5) is 0 Å². The normalized spacial score (nSPS) is 15.9. The molecule has 1 aliphatic carbocycles.